The second-order valence-corrected chi connectivity index (χ2v) is 8.09. The summed E-state index contributed by atoms with van der Waals surface area (Å²) in [7, 11) is 0. The van der Waals surface area contributed by atoms with Crippen LogP contribution in [-0.4, -0.2) is 39.6 Å². The van der Waals surface area contributed by atoms with Gasteiger partial charge in [-0.1, -0.05) is 19.1 Å². The van der Waals surface area contributed by atoms with Gasteiger partial charge in [-0.15, -0.1) is 0 Å². The molecule has 3 amide bonds. The number of anilines is 3. The first-order chi connectivity index (χ1) is 18.0. The number of nitrogens with one attached hydrogen (secondary N) is 4. The molecule has 3 rings (SSSR count). The van der Waals surface area contributed by atoms with Gasteiger partial charge in [-0.25, -0.2) is 4.79 Å². The number of amides is 3. The monoisotopic (exact) mass is 513 g/mol. The van der Waals surface area contributed by atoms with Crippen molar-refractivity contribution < 1.29 is 29.4 Å². The van der Waals surface area contributed by atoms with E-state index >= 15 is 0 Å². The summed E-state index contributed by atoms with van der Waals surface area (Å²) in [6.07, 6.45) is 0.155. The number of hydrogen-bond donors (Lipinski definition) is 6. The summed E-state index contributed by atoms with van der Waals surface area (Å²) in [5.41, 5.74) is 0.260. The molecular weight excluding hydrogens is 490 g/mol. The minimum absolute atomic E-state index is 0.0731. The number of carbonyl (C=O) groups excluding carboxylic acids is 3. The minimum atomic E-state index is -1.39. The third-order valence-electron chi connectivity index (χ3n) is 5.35. The van der Waals surface area contributed by atoms with Gasteiger partial charge in [0.05, 0.1) is 28.6 Å². The minimum Gasteiger partial charge on any atom is -0.507 e. The predicted octanol–water partition coefficient (Wildman–Crippen LogP) is 3.94. The number of nitriles is 1. The van der Waals surface area contributed by atoms with E-state index < -0.39 is 23.3 Å². The molecule has 6 N–H and O–H groups in total. The Balaban J connectivity index is 2.05. The van der Waals surface area contributed by atoms with Crippen molar-refractivity contribution in [1.82, 2.24) is 0 Å². The maximum Gasteiger partial charge on any atom is 0.337 e. The highest BCUT2D eigenvalue weighted by molar-refractivity contribution is 6.48. The zero-order valence-corrected chi connectivity index (χ0v) is 20.4. The van der Waals surface area contributed by atoms with Gasteiger partial charge in [-0.2, -0.15) is 5.26 Å². The topological polar surface area (TPSA) is 192 Å². The molecule has 0 radical (unpaired) electrons. The standard InChI is InChI=1S/C27H23N5O6/c1-3-24(35)31-22-12-23(34)20(11-18(22)16-5-4-6-17(10-16)30-14(2)33)25(29)26(36)32-21-8-7-15(13-28)9-19(21)27(37)38/h4-12,29,34H,3H2,1-2H3,(H,30,33)(H,31,35)(H,32,36)(H,37,38). The first-order valence-corrected chi connectivity index (χ1v) is 11.3. The van der Waals surface area contributed by atoms with Gasteiger partial charge in [-0.3, -0.25) is 19.8 Å². The molecule has 0 heterocycles. The van der Waals surface area contributed by atoms with Gasteiger partial charge in [-0.05, 0) is 42.0 Å². The van der Waals surface area contributed by atoms with Crippen molar-refractivity contribution in [2.75, 3.05) is 16.0 Å². The number of hydrogen-bond acceptors (Lipinski definition) is 7. The average molecular weight is 514 g/mol. The summed E-state index contributed by atoms with van der Waals surface area (Å²) in [6, 6.07) is 14.6. The molecule has 0 aliphatic carbocycles. The Morgan fingerprint density at radius 1 is 0.947 bits per heavy atom. The van der Waals surface area contributed by atoms with E-state index in [2.05, 4.69) is 16.0 Å². The number of aromatic carboxylic acids is 1. The molecule has 3 aromatic carbocycles. The first-order valence-electron chi connectivity index (χ1n) is 11.3. The Labute approximate surface area is 217 Å². The van der Waals surface area contributed by atoms with Crippen molar-refractivity contribution in [3.05, 3.63) is 71.3 Å². The zero-order chi connectivity index (χ0) is 28.0. The molecule has 0 spiro atoms. The van der Waals surface area contributed by atoms with E-state index in [4.69, 9.17) is 10.7 Å². The summed E-state index contributed by atoms with van der Waals surface area (Å²) >= 11 is 0. The van der Waals surface area contributed by atoms with Gasteiger partial charge in [0, 0.05) is 36.2 Å². The van der Waals surface area contributed by atoms with Gasteiger partial charge >= 0.3 is 5.97 Å². The van der Waals surface area contributed by atoms with E-state index in [-0.39, 0.29) is 46.3 Å². The number of aromatic hydroxyl groups is 1. The summed E-state index contributed by atoms with van der Waals surface area (Å²) in [5, 5.41) is 45.2. The molecular formula is C27H23N5O6. The summed E-state index contributed by atoms with van der Waals surface area (Å²) in [4.78, 5) is 48.1. The molecule has 0 saturated heterocycles. The van der Waals surface area contributed by atoms with E-state index in [1.165, 1.54) is 31.2 Å². The van der Waals surface area contributed by atoms with Crippen molar-refractivity contribution in [2.45, 2.75) is 20.3 Å². The van der Waals surface area contributed by atoms with Crippen LogP contribution in [0.2, 0.25) is 0 Å². The Bertz CT molecular complexity index is 1520. The number of carbonyl (C=O) groups is 4. The van der Waals surface area contributed by atoms with Crippen LogP contribution in [0, 0.1) is 16.7 Å². The number of nitrogens with zero attached hydrogens (tertiary/aromatic N) is 1. The number of carboxylic acid groups (broad SMARTS) is 1. The van der Waals surface area contributed by atoms with Crippen LogP contribution in [0.25, 0.3) is 11.1 Å². The van der Waals surface area contributed by atoms with Gasteiger partial charge in [0.15, 0.2) is 0 Å². The van der Waals surface area contributed by atoms with Crippen LogP contribution in [0.5, 0.6) is 5.75 Å². The van der Waals surface area contributed by atoms with Gasteiger partial charge in [0.1, 0.15) is 11.5 Å². The van der Waals surface area contributed by atoms with Crippen LogP contribution in [0.1, 0.15) is 41.8 Å². The zero-order valence-electron chi connectivity index (χ0n) is 20.4. The van der Waals surface area contributed by atoms with Crippen LogP contribution < -0.4 is 16.0 Å². The third kappa shape index (κ3) is 6.19. The Morgan fingerprint density at radius 3 is 2.32 bits per heavy atom. The molecule has 0 saturated carbocycles. The van der Waals surface area contributed by atoms with E-state index in [1.54, 1.807) is 31.2 Å². The Kier molecular flexibility index (Phi) is 8.19. The average Bonchev–Trinajstić information content (AvgIpc) is 2.88. The molecule has 0 aliphatic rings. The first kappa shape index (κ1) is 27.1. The second kappa shape index (κ2) is 11.5. The quantitative estimate of drug-likeness (QED) is 0.245. The molecule has 11 nitrogen and oxygen atoms in total. The van der Waals surface area contributed by atoms with Gasteiger partial charge in [0.25, 0.3) is 5.91 Å². The van der Waals surface area contributed by atoms with E-state index in [0.717, 1.165) is 6.07 Å². The largest absolute Gasteiger partial charge is 0.507 e. The molecule has 0 unspecified atom stereocenters. The number of rotatable bonds is 8. The third-order valence-corrected chi connectivity index (χ3v) is 5.35. The van der Waals surface area contributed by atoms with Crippen LogP contribution in [0.3, 0.4) is 0 Å². The predicted molar refractivity (Wildman–Crippen MR) is 140 cm³/mol. The maximum atomic E-state index is 12.9. The molecule has 0 bridgehead atoms. The van der Waals surface area contributed by atoms with Gasteiger partial charge < -0.3 is 26.2 Å². The Hall–Kier alpha value is -5.50. The summed E-state index contributed by atoms with van der Waals surface area (Å²) < 4.78 is 0. The lowest BCUT2D eigenvalue weighted by molar-refractivity contribution is -0.116. The van der Waals surface area contributed by atoms with Crippen LogP contribution in [0.15, 0.2) is 54.6 Å². The second-order valence-electron chi connectivity index (χ2n) is 8.09. The highest BCUT2D eigenvalue weighted by Gasteiger charge is 2.22. The highest BCUT2D eigenvalue weighted by atomic mass is 16.4. The highest BCUT2D eigenvalue weighted by Crippen LogP contribution is 2.36. The molecule has 0 atom stereocenters. The van der Waals surface area contributed by atoms with Crippen molar-refractivity contribution in [3.63, 3.8) is 0 Å². The fourth-order valence-electron chi connectivity index (χ4n) is 3.54. The van der Waals surface area contributed by atoms with Crippen LogP contribution in [0.4, 0.5) is 17.1 Å². The molecule has 0 aromatic heterocycles. The summed E-state index contributed by atoms with van der Waals surface area (Å²) in [6.45, 7) is 3.00. The molecule has 0 fully saturated rings. The SMILES string of the molecule is CCC(=O)Nc1cc(O)c(C(=N)C(=O)Nc2ccc(C#N)cc2C(=O)O)cc1-c1cccc(NC(C)=O)c1. The molecule has 38 heavy (non-hydrogen) atoms. The molecule has 3 aromatic rings. The fourth-order valence-corrected chi connectivity index (χ4v) is 3.54. The van der Waals surface area contributed by atoms with E-state index in [1.807, 2.05) is 6.07 Å². The fraction of sp³-hybridized carbons (Fsp3) is 0.111. The lowest BCUT2D eigenvalue weighted by atomic mass is 9.97. The Morgan fingerprint density at radius 2 is 1.68 bits per heavy atom. The molecule has 11 heteroatoms. The summed E-state index contributed by atoms with van der Waals surface area (Å²) in [5.74, 6) is -3.52. The maximum absolute atomic E-state index is 12.9. The smallest absolute Gasteiger partial charge is 0.337 e. The van der Waals surface area contributed by atoms with Crippen molar-refractivity contribution in [1.29, 1.82) is 10.7 Å². The van der Waals surface area contributed by atoms with Crippen molar-refractivity contribution in [2.24, 2.45) is 0 Å². The van der Waals surface area contributed by atoms with Crippen molar-refractivity contribution in [3.8, 4) is 22.9 Å². The van der Waals surface area contributed by atoms with E-state index in [9.17, 15) is 29.4 Å². The lowest BCUT2D eigenvalue weighted by Crippen LogP contribution is -2.24. The number of benzene rings is 3. The van der Waals surface area contributed by atoms with Crippen LogP contribution >= 0.6 is 0 Å². The number of phenols is 1. The normalized spacial score (nSPS) is 10.1. The van der Waals surface area contributed by atoms with Crippen molar-refractivity contribution >= 4 is 46.5 Å². The number of carboxylic acids is 1. The molecule has 0 aliphatic heterocycles. The van der Waals surface area contributed by atoms with Gasteiger partial charge in [0.2, 0.25) is 11.8 Å². The number of phenolic OH excluding ortho intramolecular Hbond substituents is 1. The molecule has 192 valence electrons. The lowest BCUT2D eigenvalue weighted by Gasteiger charge is -2.16. The van der Waals surface area contributed by atoms with Crippen LogP contribution in [-0.2, 0) is 14.4 Å². The van der Waals surface area contributed by atoms with E-state index in [0.29, 0.717) is 16.8 Å².